The third kappa shape index (κ3) is 2.38. The average molecular weight is 323 g/mol. The SMILES string of the molecule is NC(=O)c1ccc2nc(-c3cc(Cl)ccc3Cl)sc2c1. The predicted octanol–water partition coefficient (Wildman–Crippen LogP) is 4.37. The van der Waals surface area contributed by atoms with Crippen molar-refractivity contribution in [2.75, 3.05) is 0 Å². The molecule has 0 aliphatic heterocycles. The van der Waals surface area contributed by atoms with Crippen molar-refractivity contribution in [1.29, 1.82) is 0 Å². The Bertz CT molecular complexity index is 829. The molecule has 0 bridgehead atoms. The van der Waals surface area contributed by atoms with E-state index in [-0.39, 0.29) is 0 Å². The van der Waals surface area contributed by atoms with Crippen molar-refractivity contribution >= 4 is 50.7 Å². The van der Waals surface area contributed by atoms with Gasteiger partial charge >= 0.3 is 0 Å². The van der Waals surface area contributed by atoms with Crippen LogP contribution in [-0.4, -0.2) is 10.9 Å². The van der Waals surface area contributed by atoms with Crippen LogP contribution in [-0.2, 0) is 0 Å². The molecule has 1 aromatic heterocycles. The van der Waals surface area contributed by atoms with Gasteiger partial charge < -0.3 is 5.73 Å². The van der Waals surface area contributed by atoms with Crippen molar-refractivity contribution in [1.82, 2.24) is 4.98 Å². The van der Waals surface area contributed by atoms with Gasteiger partial charge in [-0.1, -0.05) is 23.2 Å². The largest absolute Gasteiger partial charge is 0.366 e. The van der Waals surface area contributed by atoms with Crippen molar-refractivity contribution in [3.8, 4) is 10.6 Å². The summed E-state index contributed by atoms with van der Waals surface area (Å²) in [5.41, 5.74) is 7.31. The van der Waals surface area contributed by atoms with Gasteiger partial charge in [0.2, 0.25) is 5.91 Å². The summed E-state index contributed by atoms with van der Waals surface area (Å²) in [6.45, 7) is 0. The number of carbonyl (C=O) groups is 1. The summed E-state index contributed by atoms with van der Waals surface area (Å²) < 4.78 is 0.882. The summed E-state index contributed by atoms with van der Waals surface area (Å²) in [6.07, 6.45) is 0. The molecule has 0 aliphatic rings. The van der Waals surface area contributed by atoms with Crippen LogP contribution in [0.15, 0.2) is 36.4 Å². The van der Waals surface area contributed by atoms with Crippen LogP contribution < -0.4 is 5.73 Å². The van der Waals surface area contributed by atoms with E-state index in [1.165, 1.54) is 11.3 Å². The quantitative estimate of drug-likeness (QED) is 0.761. The number of halogens is 2. The van der Waals surface area contributed by atoms with E-state index in [9.17, 15) is 4.79 Å². The van der Waals surface area contributed by atoms with E-state index in [1.807, 2.05) is 0 Å². The standard InChI is InChI=1S/C14H8Cl2N2OS/c15-8-2-3-10(16)9(6-8)14-18-11-4-1-7(13(17)19)5-12(11)20-14/h1-6H,(H2,17,19). The number of nitrogens with two attached hydrogens (primary N) is 1. The molecule has 6 heteroatoms. The number of primary amides is 1. The Hall–Kier alpha value is -1.62. The maximum absolute atomic E-state index is 11.2. The van der Waals surface area contributed by atoms with Crippen LogP contribution in [0.5, 0.6) is 0 Å². The second-order valence-corrected chi connectivity index (χ2v) is 6.06. The molecule has 0 saturated heterocycles. The number of hydrogen-bond acceptors (Lipinski definition) is 3. The molecule has 2 aromatic carbocycles. The second-order valence-electron chi connectivity index (χ2n) is 4.19. The van der Waals surface area contributed by atoms with Crippen LogP contribution in [0.2, 0.25) is 10.0 Å². The zero-order chi connectivity index (χ0) is 14.3. The highest BCUT2D eigenvalue weighted by molar-refractivity contribution is 7.21. The molecule has 0 spiro atoms. The minimum Gasteiger partial charge on any atom is -0.366 e. The molecular formula is C14H8Cl2N2OS. The molecule has 2 N–H and O–H groups in total. The first kappa shape index (κ1) is 13.4. The van der Waals surface area contributed by atoms with Crippen molar-refractivity contribution in [2.45, 2.75) is 0 Å². The lowest BCUT2D eigenvalue weighted by molar-refractivity contribution is 0.100. The Kier molecular flexibility index (Phi) is 3.38. The minimum atomic E-state index is -0.456. The summed E-state index contributed by atoms with van der Waals surface area (Å²) in [5.74, 6) is -0.456. The monoisotopic (exact) mass is 322 g/mol. The van der Waals surface area contributed by atoms with Gasteiger partial charge in [0, 0.05) is 16.1 Å². The van der Waals surface area contributed by atoms with E-state index in [0.29, 0.717) is 15.6 Å². The van der Waals surface area contributed by atoms with E-state index < -0.39 is 5.91 Å². The van der Waals surface area contributed by atoms with Crippen molar-refractivity contribution in [3.05, 3.63) is 52.0 Å². The number of carbonyl (C=O) groups excluding carboxylic acids is 1. The van der Waals surface area contributed by atoms with Gasteiger partial charge in [0.15, 0.2) is 0 Å². The Balaban J connectivity index is 2.17. The topological polar surface area (TPSA) is 56.0 Å². The predicted molar refractivity (Wildman–Crippen MR) is 83.6 cm³/mol. The molecule has 0 fully saturated rings. The Morgan fingerprint density at radius 2 is 1.95 bits per heavy atom. The highest BCUT2D eigenvalue weighted by atomic mass is 35.5. The molecule has 1 amide bonds. The normalized spacial score (nSPS) is 10.9. The highest BCUT2D eigenvalue weighted by Gasteiger charge is 2.11. The first-order chi connectivity index (χ1) is 9.54. The third-order valence-corrected chi connectivity index (χ3v) is 4.45. The fraction of sp³-hybridized carbons (Fsp3) is 0. The van der Waals surface area contributed by atoms with Crippen LogP contribution in [0.1, 0.15) is 10.4 Å². The van der Waals surface area contributed by atoms with Gasteiger partial charge in [-0.25, -0.2) is 4.98 Å². The van der Waals surface area contributed by atoms with Crippen molar-refractivity contribution < 1.29 is 4.79 Å². The molecule has 1 heterocycles. The molecule has 0 saturated carbocycles. The Morgan fingerprint density at radius 1 is 1.15 bits per heavy atom. The molecule has 100 valence electrons. The zero-order valence-electron chi connectivity index (χ0n) is 10.1. The fourth-order valence-electron chi connectivity index (χ4n) is 1.85. The van der Waals surface area contributed by atoms with Gasteiger partial charge in [-0.2, -0.15) is 0 Å². The summed E-state index contributed by atoms with van der Waals surface area (Å²) in [4.78, 5) is 15.7. The summed E-state index contributed by atoms with van der Waals surface area (Å²) in [5, 5.41) is 1.94. The van der Waals surface area contributed by atoms with Gasteiger partial charge in [0.05, 0.1) is 15.2 Å². The molecule has 20 heavy (non-hydrogen) atoms. The number of fused-ring (bicyclic) bond motifs is 1. The minimum absolute atomic E-state index is 0.456. The molecule has 3 rings (SSSR count). The molecule has 3 nitrogen and oxygen atoms in total. The smallest absolute Gasteiger partial charge is 0.248 e. The molecule has 0 radical (unpaired) electrons. The fourth-order valence-corrected chi connectivity index (χ4v) is 3.32. The highest BCUT2D eigenvalue weighted by Crippen LogP contribution is 2.36. The third-order valence-electron chi connectivity index (χ3n) is 2.83. The van der Waals surface area contributed by atoms with Crippen LogP contribution in [0, 0.1) is 0 Å². The number of rotatable bonds is 2. The van der Waals surface area contributed by atoms with Crippen molar-refractivity contribution in [3.63, 3.8) is 0 Å². The average Bonchev–Trinajstić information content (AvgIpc) is 2.83. The lowest BCUT2D eigenvalue weighted by Gasteiger charge is -2.00. The van der Waals surface area contributed by atoms with E-state index in [4.69, 9.17) is 28.9 Å². The molecule has 0 aliphatic carbocycles. The number of aromatic nitrogens is 1. The van der Waals surface area contributed by atoms with E-state index in [2.05, 4.69) is 4.98 Å². The molecular weight excluding hydrogens is 315 g/mol. The van der Waals surface area contributed by atoms with Gasteiger partial charge in [-0.05, 0) is 36.4 Å². The van der Waals surface area contributed by atoms with E-state index in [0.717, 1.165) is 20.8 Å². The Labute approximate surface area is 129 Å². The van der Waals surface area contributed by atoms with Gasteiger partial charge in [-0.3, -0.25) is 4.79 Å². The maximum Gasteiger partial charge on any atom is 0.248 e. The number of benzene rings is 2. The van der Waals surface area contributed by atoms with Crippen LogP contribution in [0.4, 0.5) is 0 Å². The van der Waals surface area contributed by atoms with Gasteiger partial charge in [0.25, 0.3) is 0 Å². The summed E-state index contributed by atoms with van der Waals surface area (Å²) >= 11 is 13.6. The number of amides is 1. The number of thiazole rings is 1. The lowest BCUT2D eigenvalue weighted by Crippen LogP contribution is -2.10. The Morgan fingerprint density at radius 3 is 2.70 bits per heavy atom. The van der Waals surface area contributed by atoms with Crippen molar-refractivity contribution in [2.24, 2.45) is 5.73 Å². The van der Waals surface area contributed by atoms with E-state index >= 15 is 0 Å². The first-order valence-corrected chi connectivity index (χ1v) is 7.27. The van der Waals surface area contributed by atoms with Crippen LogP contribution in [0.25, 0.3) is 20.8 Å². The van der Waals surface area contributed by atoms with Crippen LogP contribution in [0.3, 0.4) is 0 Å². The van der Waals surface area contributed by atoms with E-state index in [1.54, 1.807) is 36.4 Å². The summed E-state index contributed by atoms with van der Waals surface area (Å²) in [6, 6.07) is 10.4. The zero-order valence-corrected chi connectivity index (χ0v) is 12.4. The van der Waals surface area contributed by atoms with Gasteiger partial charge in [0.1, 0.15) is 5.01 Å². The summed E-state index contributed by atoms with van der Waals surface area (Å²) in [7, 11) is 0. The molecule has 0 unspecified atom stereocenters. The lowest BCUT2D eigenvalue weighted by atomic mass is 10.2. The second kappa shape index (κ2) is 5.05. The maximum atomic E-state index is 11.2. The number of hydrogen-bond donors (Lipinski definition) is 1. The molecule has 0 atom stereocenters. The first-order valence-electron chi connectivity index (χ1n) is 5.70. The van der Waals surface area contributed by atoms with Crippen LogP contribution >= 0.6 is 34.5 Å². The number of nitrogens with zero attached hydrogens (tertiary/aromatic N) is 1. The molecule has 3 aromatic rings. The van der Waals surface area contributed by atoms with Gasteiger partial charge in [-0.15, -0.1) is 11.3 Å².